The molecule has 1 aliphatic rings. The number of methoxy groups -OCH3 is 1. The van der Waals surface area contributed by atoms with Crippen molar-refractivity contribution in [2.45, 2.75) is 0 Å². The van der Waals surface area contributed by atoms with Crippen LogP contribution < -0.4 is 14.4 Å². The van der Waals surface area contributed by atoms with Crippen molar-refractivity contribution in [3.8, 4) is 28.3 Å². The maximum atomic E-state index is 13.9. The van der Waals surface area contributed by atoms with Gasteiger partial charge in [0.05, 0.1) is 18.2 Å². The van der Waals surface area contributed by atoms with Crippen LogP contribution in [0.4, 0.5) is 10.2 Å². The molecule has 40 heavy (non-hydrogen) atoms. The summed E-state index contributed by atoms with van der Waals surface area (Å²) in [6.45, 7) is 1.98. The van der Waals surface area contributed by atoms with Crippen LogP contribution in [0.3, 0.4) is 0 Å². The highest BCUT2D eigenvalue weighted by Crippen LogP contribution is 2.37. The third kappa shape index (κ3) is 4.93. The van der Waals surface area contributed by atoms with E-state index in [1.807, 2.05) is 42.5 Å². The van der Waals surface area contributed by atoms with Crippen LogP contribution in [0.25, 0.3) is 27.8 Å². The first-order valence-electron chi connectivity index (χ1n) is 13.1. The summed E-state index contributed by atoms with van der Waals surface area (Å²) in [7, 11) is 1.65. The lowest BCUT2D eigenvalue weighted by molar-refractivity contribution is -0.133. The molecule has 2 aromatic heterocycles. The highest BCUT2D eigenvalue weighted by atomic mass is 19.1. The molecule has 0 radical (unpaired) electrons. The number of amides is 1. The van der Waals surface area contributed by atoms with E-state index in [9.17, 15) is 9.18 Å². The zero-order chi connectivity index (χ0) is 27.5. The van der Waals surface area contributed by atoms with Crippen molar-refractivity contribution < 1.29 is 18.7 Å². The Labute approximate surface area is 231 Å². The van der Waals surface area contributed by atoms with Crippen LogP contribution in [-0.2, 0) is 4.79 Å². The van der Waals surface area contributed by atoms with Crippen molar-refractivity contribution in [2.75, 3.05) is 44.8 Å². The number of nitrogens with zero attached hydrogens (tertiary/aromatic N) is 5. The first kappa shape index (κ1) is 25.4. The van der Waals surface area contributed by atoms with Gasteiger partial charge < -0.3 is 23.8 Å². The molecule has 0 aliphatic carbocycles. The van der Waals surface area contributed by atoms with Crippen LogP contribution in [0.1, 0.15) is 0 Å². The molecule has 1 amide bonds. The minimum absolute atomic E-state index is 0.0758. The van der Waals surface area contributed by atoms with Gasteiger partial charge in [-0.05, 0) is 29.8 Å². The summed E-state index contributed by atoms with van der Waals surface area (Å²) in [6, 6.07) is 24.1. The first-order chi connectivity index (χ1) is 19.6. The summed E-state index contributed by atoms with van der Waals surface area (Å²) in [6.07, 6.45) is 3.68. The zero-order valence-corrected chi connectivity index (χ0v) is 22.0. The summed E-state index contributed by atoms with van der Waals surface area (Å²) >= 11 is 0. The Hall–Kier alpha value is -4.92. The molecule has 6 rings (SSSR count). The van der Waals surface area contributed by atoms with Gasteiger partial charge >= 0.3 is 0 Å². The topological polar surface area (TPSA) is 72.7 Å². The molecule has 0 N–H and O–H groups in total. The van der Waals surface area contributed by atoms with E-state index in [0.717, 1.165) is 39.4 Å². The first-order valence-corrected chi connectivity index (χ1v) is 13.1. The molecular weight excluding hydrogens is 509 g/mol. The molecule has 0 bridgehead atoms. The third-order valence-electron chi connectivity index (χ3n) is 7.10. The minimum atomic E-state index is -0.483. The smallest absolute Gasteiger partial charge is 0.260 e. The molecule has 0 atom stereocenters. The minimum Gasteiger partial charge on any atom is -0.497 e. The average Bonchev–Trinajstić information content (AvgIpc) is 3.41. The molecule has 5 aromatic rings. The number of ether oxygens (including phenoxy) is 2. The summed E-state index contributed by atoms with van der Waals surface area (Å²) < 4.78 is 26.8. The number of halogens is 1. The summed E-state index contributed by atoms with van der Waals surface area (Å²) in [4.78, 5) is 26.2. The Morgan fingerprint density at radius 3 is 2.48 bits per heavy atom. The Morgan fingerprint density at radius 1 is 0.925 bits per heavy atom. The lowest BCUT2D eigenvalue weighted by Crippen LogP contribution is -2.50. The van der Waals surface area contributed by atoms with E-state index < -0.39 is 5.82 Å². The fourth-order valence-corrected chi connectivity index (χ4v) is 5.04. The number of piperazine rings is 1. The molecule has 1 saturated heterocycles. The van der Waals surface area contributed by atoms with E-state index in [2.05, 4.69) is 27.8 Å². The van der Waals surface area contributed by atoms with E-state index in [1.54, 1.807) is 30.5 Å². The largest absolute Gasteiger partial charge is 0.497 e. The van der Waals surface area contributed by atoms with Gasteiger partial charge in [-0.15, -0.1) is 0 Å². The second-order valence-electron chi connectivity index (χ2n) is 9.46. The normalized spacial score (nSPS) is 13.4. The highest BCUT2D eigenvalue weighted by Gasteiger charge is 2.26. The van der Waals surface area contributed by atoms with Crippen LogP contribution in [0.2, 0.25) is 0 Å². The number of fused-ring (bicyclic) bond motifs is 1. The molecule has 3 aromatic carbocycles. The maximum Gasteiger partial charge on any atom is 0.260 e. The quantitative estimate of drug-likeness (QED) is 0.292. The molecule has 0 spiro atoms. The van der Waals surface area contributed by atoms with Gasteiger partial charge in [0.15, 0.2) is 23.8 Å². The van der Waals surface area contributed by atoms with Crippen molar-refractivity contribution in [1.82, 2.24) is 19.4 Å². The summed E-state index contributed by atoms with van der Waals surface area (Å²) in [5.41, 5.74) is 3.80. The molecule has 202 valence electrons. The number of para-hydroxylation sites is 1. The van der Waals surface area contributed by atoms with Gasteiger partial charge in [-0.3, -0.25) is 4.79 Å². The Morgan fingerprint density at radius 2 is 1.70 bits per heavy atom. The van der Waals surface area contributed by atoms with Gasteiger partial charge in [-0.25, -0.2) is 14.4 Å². The molecule has 0 unspecified atom stereocenters. The number of aromatic nitrogens is 3. The third-order valence-corrected chi connectivity index (χ3v) is 7.10. The van der Waals surface area contributed by atoms with E-state index in [0.29, 0.717) is 26.2 Å². The zero-order valence-electron chi connectivity index (χ0n) is 22.0. The van der Waals surface area contributed by atoms with E-state index in [1.165, 1.54) is 12.1 Å². The molecule has 1 aliphatic heterocycles. The van der Waals surface area contributed by atoms with E-state index in [-0.39, 0.29) is 18.3 Å². The number of hydrogen-bond acceptors (Lipinski definition) is 6. The van der Waals surface area contributed by atoms with Crippen molar-refractivity contribution in [3.63, 3.8) is 0 Å². The van der Waals surface area contributed by atoms with Gasteiger partial charge in [-0.1, -0.05) is 48.5 Å². The Balaban J connectivity index is 1.28. The predicted octanol–water partition coefficient (Wildman–Crippen LogP) is 4.96. The number of benzene rings is 3. The standard InChI is InChI=1S/C31H28FN5O3/c1-39-24-11-7-10-23(18-24)37-19-25(22-8-3-2-4-9-22)29-30(33-21-34-31(29)37)36-16-14-35(15-17-36)28(38)20-40-27-13-6-5-12-26(27)32/h2-13,18-19,21H,14-17,20H2,1H3. The van der Waals surface area contributed by atoms with Crippen LogP contribution in [0, 0.1) is 5.82 Å². The van der Waals surface area contributed by atoms with Crippen molar-refractivity contribution in [2.24, 2.45) is 0 Å². The van der Waals surface area contributed by atoms with E-state index in [4.69, 9.17) is 19.4 Å². The lowest BCUT2D eigenvalue weighted by atomic mass is 10.1. The number of carbonyl (C=O) groups is 1. The molecule has 9 heteroatoms. The summed E-state index contributed by atoms with van der Waals surface area (Å²) in [5.74, 6) is 0.995. The van der Waals surface area contributed by atoms with Gasteiger partial charge in [0.2, 0.25) is 0 Å². The molecule has 0 saturated carbocycles. The van der Waals surface area contributed by atoms with Crippen molar-refractivity contribution >= 4 is 22.8 Å². The van der Waals surface area contributed by atoms with Gasteiger partial charge in [0.25, 0.3) is 5.91 Å². The van der Waals surface area contributed by atoms with Crippen LogP contribution >= 0.6 is 0 Å². The maximum absolute atomic E-state index is 13.9. The van der Waals surface area contributed by atoms with Crippen LogP contribution in [-0.4, -0.2) is 65.2 Å². The number of hydrogen-bond donors (Lipinski definition) is 0. The number of carbonyl (C=O) groups excluding carboxylic acids is 1. The SMILES string of the molecule is COc1cccc(-n2cc(-c3ccccc3)c3c(N4CCN(C(=O)COc5ccccc5F)CC4)ncnc32)c1. The molecule has 8 nitrogen and oxygen atoms in total. The Kier molecular flexibility index (Phi) is 7.01. The highest BCUT2D eigenvalue weighted by molar-refractivity contribution is 6.02. The van der Waals surface area contributed by atoms with Gasteiger partial charge in [0, 0.05) is 44.0 Å². The molecule has 3 heterocycles. The van der Waals surface area contributed by atoms with Gasteiger partial charge in [-0.2, -0.15) is 0 Å². The monoisotopic (exact) mass is 537 g/mol. The lowest BCUT2D eigenvalue weighted by Gasteiger charge is -2.35. The molecular formula is C31H28FN5O3. The van der Waals surface area contributed by atoms with E-state index >= 15 is 0 Å². The summed E-state index contributed by atoms with van der Waals surface area (Å²) in [5, 5.41) is 0.944. The molecule has 1 fully saturated rings. The number of rotatable bonds is 7. The average molecular weight is 538 g/mol. The Bertz CT molecular complexity index is 1650. The second kappa shape index (κ2) is 11.1. The van der Waals surface area contributed by atoms with Crippen LogP contribution in [0.15, 0.2) is 91.4 Å². The van der Waals surface area contributed by atoms with Crippen molar-refractivity contribution in [3.05, 3.63) is 97.2 Å². The fraction of sp³-hybridized carbons (Fsp3) is 0.194. The van der Waals surface area contributed by atoms with Crippen molar-refractivity contribution in [1.29, 1.82) is 0 Å². The second-order valence-corrected chi connectivity index (χ2v) is 9.46. The number of anilines is 1. The van der Waals surface area contributed by atoms with Crippen LogP contribution in [0.5, 0.6) is 11.5 Å². The fourth-order valence-electron chi connectivity index (χ4n) is 5.04. The predicted molar refractivity (Wildman–Crippen MR) is 152 cm³/mol. The van der Waals surface area contributed by atoms with Gasteiger partial charge in [0.1, 0.15) is 17.9 Å².